The lowest BCUT2D eigenvalue weighted by molar-refractivity contribution is 0.201. The SMILES string of the molecule is CCCC(C)Oc1ccc(Cl)c(CNCC(C)C)n1. The third-order valence-corrected chi connectivity index (χ3v) is 3.10. The van der Waals surface area contributed by atoms with Crippen LogP contribution < -0.4 is 10.1 Å². The van der Waals surface area contributed by atoms with Crippen LogP contribution in [0.3, 0.4) is 0 Å². The highest BCUT2D eigenvalue weighted by atomic mass is 35.5. The first kappa shape index (κ1) is 16.3. The van der Waals surface area contributed by atoms with E-state index in [1.54, 1.807) is 0 Å². The van der Waals surface area contributed by atoms with Crippen LogP contribution in [0.2, 0.25) is 5.02 Å². The lowest BCUT2D eigenvalue weighted by atomic mass is 10.2. The van der Waals surface area contributed by atoms with E-state index < -0.39 is 0 Å². The molecule has 0 aromatic carbocycles. The molecule has 0 saturated carbocycles. The van der Waals surface area contributed by atoms with Crippen molar-refractivity contribution >= 4 is 11.6 Å². The highest BCUT2D eigenvalue weighted by molar-refractivity contribution is 6.31. The maximum absolute atomic E-state index is 6.15. The quantitative estimate of drug-likeness (QED) is 0.782. The molecule has 4 heteroatoms. The minimum absolute atomic E-state index is 0.190. The van der Waals surface area contributed by atoms with Crippen LogP contribution in [0.5, 0.6) is 5.88 Å². The molecule has 0 fully saturated rings. The Morgan fingerprint density at radius 3 is 2.68 bits per heavy atom. The van der Waals surface area contributed by atoms with E-state index in [2.05, 4.69) is 38.0 Å². The van der Waals surface area contributed by atoms with Gasteiger partial charge in [-0.3, -0.25) is 0 Å². The Labute approximate surface area is 121 Å². The van der Waals surface area contributed by atoms with Gasteiger partial charge in [0.1, 0.15) is 0 Å². The molecular formula is C15H25ClN2O. The van der Waals surface area contributed by atoms with E-state index in [0.717, 1.165) is 25.1 Å². The molecule has 0 aliphatic carbocycles. The molecular weight excluding hydrogens is 260 g/mol. The van der Waals surface area contributed by atoms with Crippen molar-refractivity contribution in [2.75, 3.05) is 6.54 Å². The predicted molar refractivity (Wildman–Crippen MR) is 80.8 cm³/mol. The standard InChI is InChI=1S/C15H25ClN2O/c1-5-6-12(4)19-15-8-7-13(16)14(18-15)10-17-9-11(2)3/h7-8,11-12,17H,5-6,9-10H2,1-4H3. The fourth-order valence-electron chi connectivity index (χ4n) is 1.80. The minimum Gasteiger partial charge on any atom is -0.475 e. The van der Waals surface area contributed by atoms with Gasteiger partial charge in [-0.15, -0.1) is 0 Å². The molecule has 1 rings (SSSR count). The van der Waals surface area contributed by atoms with Crippen molar-refractivity contribution in [3.05, 3.63) is 22.8 Å². The smallest absolute Gasteiger partial charge is 0.213 e. The molecule has 0 aliphatic rings. The summed E-state index contributed by atoms with van der Waals surface area (Å²) < 4.78 is 5.78. The number of halogens is 1. The van der Waals surface area contributed by atoms with Gasteiger partial charge in [-0.05, 0) is 31.9 Å². The molecule has 1 aromatic rings. The topological polar surface area (TPSA) is 34.1 Å². The third-order valence-electron chi connectivity index (χ3n) is 2.76. The summed E-state index contributed by atoms with van der Waals surface area (Å²) in [6.07, 6.45) is 2.33. The van der Waals surface area contributed by atoms with Crippen molar-refractivity contribution in [3.8, 4) is 5.88 Å². The van der Waals surface area contributed by atoms with Gasteiger partial charge in [0, 0.05) is 12.6 Å². The summed E-state index contributed by atoms with van der Waals surface area (Å²) in [5.41, 5.74) is 0.850. The monoisotopic (exact) mass is 284 g/mol. The normalized spacial score (nSPS) is 12.7. The van der Waals surface area contributed by atoms with Crippen molar-refractivity contribution in [2.45, 2.75) is 53.2 Å². The largest absolute Gasteiger partial charge is 0.475 e. The summed E-state index contributed by atoms with van der Waals surface area (Å²) in [7, 11) is 0. The minimum atomic E-state index is 0.190. The number of hydrogen-bond acceptors (Lipinski definition) is 3. The number of hydrogen-bond donors (Lipinski definition) is 1. The fraction of sp³-hybridized carbons (Fsp3) is 0.667. The van der Waals surface area contributed by atoms with E-state index in [0.29, 0.717) is 23.4 Å². The molecule has 0 spiro atoms. The molecule has 1 N–H and O–H groups in total. The van der Waals surface area contributed by atoms with Crippen LogP contribution >= 0.6 is 11.6 Å². The first-order valence-corrected chi connectivity index (χ1v) is 7.43. The Hall–Kier alpha value is -0.800. The molecule has 3 nitrogen and oxygen atoms in total. The Balaban J connectivity index is 2.60. The van der Waals surface area contributed by atoms with Gasteiger partial charge in [0.2, 0.25) is 5.88 Å². The second-order valence-electron chi connectivity index (χ2n) is 5.32. The molecule has 1 aromatic heterocycles. The van der Waals surface area contributed by atoms with Crippen molar-refractivity contribution in [1.82, 2.24) is 10.3 Å². The average Bonchev–Trinajstić information content (AvgIpc) is 2.33. The molecule has 1 unspecified atom stereocenters. The summed E-state index contributed by atoms with van der Waals surface area (Å²) in [5, 5.41) is 4.03. The summed E-state index contributed by atoms with van der Waals surface area (Å²) >= 11 is 6.15. The van der Waals surface area contributed by atoms with Gasteiger partial charge in [-0.1, -0.05) is 38.8 Å². The van der Waals surface area contributed by atoms with Gasteiger partial charge >= 0.3 is 0 Å². The number of nitrogens with zero attached hydrogens (tertiary/aromatic N) is 1. The van der Waals surface area contributed by atoms with Crippen LogP contribution in [-0.4, -0.2) is 17.6 Å². The van der Waals surface area contributed by atoms with E-state index in [4.69, 9.17) is 16.3 Å². The highest BCUT2D eigenvalue weighted by Crippen LogP contribution is 2.19. The van der Waals surface area contributed by atoms with E-state index in [1.807, 2.05) is 12.1 Å². The number of ether oxygens (including phenoxy) is 1. The zero-order valence-electron chi connectivity index (χ0n) is 12.4. The highest BCUT2D eigenvalue weighted by Gasteiger charge is 2.08. The first-order chi connectivity index (χ1) is 9.02. The van der Waals surface area contributed by atoms with Crippen LogP contribution in [0.25, 0.3) is 0 Å². The van der Waals surface area contributed by atoms with Crippen molar-refractivity contribution < 1.29 is 4.74 Å². The van der Waals surface area contributed by atoms with Crippen LogP contribution in [-0.2, 0) is 6.54 Å². The van der Waals surface area contributed by atoms with E-state index >= 15 is 0 Å². The van der Waals surface area contributed by atoms with Gasteiger partial charge in [-0.2, -0.15) is 0 Å². The summed E-state index contributed by atoms with van der Waals surface area (Å²) in [5.74, 6) is 1.27. The van der Waals surface area contributed by atoms with Crippen LogP contribution in [0.1, 0.15) is 46.2 Å². The third kappa shape index (κ3) is 6.26. The van der Waals surface area contributed by atoms with Gasteiger partial charge in [-0.25, -0.2) is 4.98 Å². The molecule has 1 heterocycles. The molecule has 0 amide bonds. The second-order valence-corrected chi connectivity index (χ2v) is 5.73. The van der Waals surface area contributed by atoms with Crippen LogP contribution in [0.15, 0.2) is 12.1 Å². The van der Waals surface area contributed by atoms with E-state index in [1.165, 1.54) is 0 Å². The van der Waals surface area contributed by atoms with Crippen molar-refractivity contribution in [3.63, 3.8) is 0 Å². The number of rotatable bonds is 8. The summed E-state index contributed by atoms with van der Waals surface area (Å²) in [6.45, 7) is 10.2. The molecule has 0 aliphatic heterocycles. The zero-order chi connectivity index (χ0) is 14.3. The van der Waals surface area contributed by atoms with Gasteiger partial charge in [0.15, 0.2) is 0 Å². The van der Waals surface area contributed by atoms with E-state index in [-0.39, 0.29) is 6.10 Å². The zero-order valence-corrected chi connectivity index (χ0v) is 13.1. The van der Waals surface area contributed by atoms with E-state index in [9.17, 15) is 0 Å². The van der Waals surface area contributed by atoms with Crippen molar-refractivity contribution in [2.24, 2.45) is 5.92 Å². The average molecular weight is 285 g/mol. The molecule has 0 bridgehead atoms. The van der Waals surface area contributed by atoms with Gasteiger partial charge < -0.3 is 10.1 Å². The first-order valence-electron chi connectivity index (χ1n) is 7.05. The number of aromatic nitrogens is 1. The lowest BCUT2D eigenvalue weighted by Gasteiger charge is -2.14. The van der Waals surface area contributed by atoms with Crippen LogP contribution in [0.4, 0.5) is 0 Å². The Morgan fingerprint density at radius 2 is 2.05 bits per heavy atom. The summed E-state index contributed by atoms with van der Waals surface area (Å²) in [6, 6.07) is 3.69. The Morgan fingerprint density at radius 1 is 1.32 bits per heavy atom. The molecule has 19 heavy (non-hydrogen) atoms. The summed E-state index contributed by atoms with van der Waals surface area (Å²) in [4.78, 5) is 4.47. The molecule has 1 atom stereocenters. The van der Waals surface area contributed by atoms with Gasteiger partial charge in [0.25, 0.3) is 0 Å². The molecule has 0 saturated heterocycles. The number of nitrogens with one attached hydrogen (secondary N) is 1. The molecule has 0 radical (unpaired) electrons. The second kappa shape index (κ2) is 8.39. The lowest BCUT2D eigenvalue weighted by Crippen LogP contribution is -2.20. The van der Waals surface area contributed by atoms with Crippen LogP contribution in [0, 0.1) is 5.92 Å². The number of pyridine rings is 1. The van der Waals surface area contributed by atoms with Gasteiger partial charge in [0.05, 0.1) is 16.8 Å². The maximum Gasteiger partial charge on any atom is 0.213 e. The van der Waals surface area contributed by atoms with Crippen molar-refractivity contribution in [1.29, 1.82) is 0 Å². The molecule has 108 valence electrons. The predicted octanol–water partition coefficient (Wildman–Crippen LogP) is 4.05. The Kier molecular flexibility index (Phi) is 7.17. The Bertz CT molecular complexity index is 382. The fourth-order valence-corrected chi connectivity index (χ4v) is 1.98. The maximum atomic E-state index is 6.15.